The monoisotopic (exact) mass is 470 g/mol. The fraction of sp³-hybridized carbons (Fsp3) is 0.448. The van der Waals surface area contributed by atoms with E-state index in [9.17, 15) is 9.59 Å². The van der Waals surface area contributed by atoms with Crippen LogP contribution in [0.2, 0.25) is 0 Å². The number of piperidine rings is 1. The molecule has 1 aliphatic carbocycles. The molecule has 1 aromatic carbocycles. The van der Waals surface area contributed by atoms with E-state index in [1.807, 2.05) is 58.8 Å². The van der Waals surface area contributed by atoms with Crippen molar-refractivity contribution in [1.82, 2.24) is 19.5 Å². The molecular formula is C29H34N4O2. The van der Waals surface area contributed by atoms with E-state index in [1.165, 1.54) is 0 Å². The molecule has 2 fully saturated rings. The van der Waals surface area contributed by atoms with Crippen LogP contribution in [0.15, 0.2) is 42.5 Å². The summed E-state index contributed by atoms with van der Waals surface area (Å²) in [5, 5.41) is 4.48. The van der Waals surface area contributed by atoms with Gasteiger partial charge in [0.15, 0.2) is 5.65 Å². The van der Waals surface area contributed by atoms with Gasteiger partial charge in [0.2, 0.25) is 5.78 Å². The number of amides is 1. The summed E-state index contributed by atoms with van der Waals surface area (Å²) in [5.41, 5.74) is 3.90. The summed E-state index contributed by atoms with van der Waals surface area (Å²) in [4.78, 5) is 29.7. The lowest BCUT2D eigenvalue weighted by atomic mass is 9.75. The lowest BCUT2D eigenvalue weighted by Gasteiger charge is -2.38. The van der Waals surface area contributed by atoms with Gasteiger partial charge < -0.3 is 4.90 Å². The molecule has 1 saturated carbocycles. The van der Waals surface area contributed by atoms with Crippen LogP contribution in [0.4, 0.5) is 0 Å². The normalized spacial score (nSPS) is 16.4. The number of benzene rings is 1. The van der Waals surface area contributed by atoms with Crippen molar-refractivity contribution < 1.29 is 9.59 Å². The van der Waals surface area contributed by atoms with E-state index in [-0.39, 0.29) is 17.6 Å². The molecule has 2 aliphatic rings. The smallest absolute Gasteiger partial charge is 0.253 e. The zero-order valence-corrected chi connectivity index (χ0v) is 21.1. The van der Waals surface area contributed by atoms with E-state index in [4.69, 9.17) is 6.42 Å². The van der Waals surface area contributed by atoms with Crippen molar-refractivity contribution >= 4 is 17.3 Å². The molecule has 35 heavy (non-hydrogen) atoms. The molecule has 6 nitrogen and oxygen atoms in total. The molecule has 0 bridgehead atoms. The number of hydrogen-bond acceptors (Lipinski definition) is 4. The Labute approximate surface area is 207 Å². The Morgan fingerprint density at radius 1 is 1.00 bits per heavy atom. The molecule has 0 spiro atoms. The second-order valence-electron chi connectivity index (χ2n) is 10.6. The van der Waals surface area contributed by atoms with Gasteiger partial charge in [-0.2, -0.15) is 5.10 Å². The summed E-state index contributed by atoms with van der Waals surface area (Å²) in [7, 11) is 0. The summed E-state index contributed by atoms with van der Waals surface area (Å²) < 4.78 is 1.85. The molecule has 3 heterocycles. The number of nitrogens with zero attached hydrogens (tertiary/aromatic N) is 4. The summed E-state index contributed by atoms with van der Waals surface area (Å²) in [5.74, 6) is 3.88. The van der Waals surface area contributed by atoms with E-state index < -0.39 is 0 Å². The highest BCUT2D eigenvalue weighted by Crippen LogP contribution is 2.34. The number of rotatable bonds is 3. The third kappa shape index (κ3) is 5.79. The highest BCUT2D eigenvalue weighted by atomic mass is 16.2. The van der Waals surface area contributed by atoms with Crippen LogP contribution in [0, 0.1) is 36.5 Å². The Morgan fingerprint density at radius 3 is 2.20 bits per heavy atom. The number of aryl methyl sites for hydroxylation is 1. The topological polar surface area (TPSA) is 67.6 Å². The molecule has 0 atom stereocenters. The molecule has 5 rings (SSSR count). The first kappa shape index (κ1) is 24.7. The van der Waals surface area contributed by atoms with Crippen molar-refractivity contribution in [2.75, 3.05) is 13.1 Å². The summed E-state index contributed by atoms with van der Waals surface area (Å²) in [6.07, 6.45) is 9.02. The van der Waals surface area contributed by atoms with Crippen LogP contribution < -0.4 is 0 Å². The average Bonchev–Trinajstić information content (AvgIpc) is 3.63. The van der Waals surface area contributed by atoms with E-state index >= 15 is 0 Å². The summed E-state index contributed by atoms with van der Waals surface area (Å²) in [6, 6.07) is 13.8. The number of aromatic nitrogens is 3. The molecule has 2 aromatic heterocycles. The molecule has 1 saturated heterocycles. The van der Waals surface area contributed by atoms with Crippen LogP contribution in [-0.4, -0.2) is 44.3 Å². The van der Waals surface area contributed by atoms with Crippen LogP contribution in [0.25, 0.3) is 16.9 Å². The molecule has 0 unspecified atom stereocenters. The van der Waals surface area contributed by atoms with Crippen molar-refractivity contribution in [2.45, 2.75) is 53.4 Å². The van der Waals surface area contributed by atoms with E-state index in [1.54, 1.807) is 0 Å². The Morgan fingerprint density at radius 2 is 1.66 bits per heavy atom. The first-order valence-corrected chi connectivity index (χ1v) is 12.4. The van der Waals surface area contributed by atoms with Crippen LogP contribution in [-0.2, 0) is 4.79 Å². The van der Waals surface area contributed by atoms with Crippen LogP contribution in [0.1, 0.15) is 62.6 Å². The number of fused-ring (bicyclic) bond motifs is 1. The second kappa shape index (κ2) is 10.0. The number of terminal acetylenes is 1. The molecular weight excluding hydrogens is 436 g/mol. The average molecular weight is 471 g/mol. The van der Waals surface area contributed by atoms with Crippen LogP contribution in [0.5, 0.6) is 0 Å². The summed E-state index contributed by atoms with van der Waals surface area (Å²) in [6.45, 7) is 10.5. The van der Waals surface area contributed by atoms with Crippen LogP contribution >= 0.6 is 0 Å². The standard InChI is InChI=1S/C23H28N4O.C6H6O/c1-16-24-21-7-5-6-20(27(21)25-16)17-8-10-18(11-9-17)22(28)26-14-12-19(13-15-26)23(2,3)4;1-2-6(7)5-3-4-5/h5-11,19H,12-15H2,1-4H3;1,5H,3-4H2. The number of likely N-dealkylation sites (tertiary alicyclic amines) is 1. The van der Waals surface area contributed by atoms with Gasteiger partial charge in [0, 0.05) is 30.1 Å². The number of ketones is 1. The SMILES string of the molecule is C#CC(=O)C1CC1.Cc1nc2cccc(-c3ccc(C(=O)N4CCC(C(C)(C)C)CC4)cc3)n2n1. The van der Waals surface area contributed by atoms with Crippen LogP contribution in [0.3, 0.4) is 0 Å². The molecule has 0 N–H and O–H groups in total. The molecule has 182 valence electrons. The molecule has 1 aliphatic heterocycles. The van der Waals surface area contributed by atoms with Gasteiger partial charge in [0.05, 0.1) is 5.69 Å². The van der Waals surface area contributed by atoms with Gasteiger partial charge in [-0.3, -0.25) is 9.59 Å². The van der Waals surface area contributed by atoms with Gasteiger partial charge in [-0.1, -0.05) is 39.0 Å². The minimum atomic E-state index is -0.0139. The first-order chi connectivity index (χ1) is 16.7. The lowest BCUT2D eigenvalue weighted by molar-refractivity contribution is -0.114. The minimum absolute atomic E-state index is 0.0139. The van der Waals surface area contributed by atoms with Crippen molar-refractivity contribution in [3.05, 3.63) is 53.9 Å². The molecule has 6 heteroatoms. The third-order valence-corrected chi connectivity index (χ3v) is 6.99. The largest absolute Gasteiger partial charge is 0.339 e. The number of carbonyl (C=O) groups excluding carboxylic acids is 2. The zero-order chi connectivity index (χ0) is 25.2. The maximum Gasteiger partial charge on any atom is 0.253 e. The van der Waals surface area contributed by atoms with Gasteiger partial charge in [0.1, 0.15) is 5.82 Å². The lowest BCUT2D eigenvalue weighted by Crippen LogP contribution is -2.41. The van der Waals surface area contributed by atoms with E-state index in [2.05, 4.69) is 36.8 Å². The van der Waals surface area contributed by atoms with Gasteiger partial charge in [-0.15, -0.1) is 6.42 Å². The molecule has 3 aromatic rings. The maximum absolute atomic E-state index is 12.9. The Hall–Kier alpha value is -3.46. The molecule has 0 radical (unpaired) electrons. The molecule has 1 amide bonds. The zero-order valence-electron chi connectivity index (χ0n) is 21.1. The predicted molar refractivity (Wildman–Crippen MR) is 138 cm³/mol. The highest BCUT2D eigenvalue weighted by molar-refractivity contribution is 5.98. The van der Waals surface area contributed by atoms with Crippen molar-refractivity contribution in [1.29, 1.82) is 0 Å². The number of Topliss-reactive ketones (excluding diaryl/α,β-unsaturated/α-hetero) is 1. The maximum atomic E-state index is 12.9. The third-order valence-electron chi connectivity index (χ3n) is 6.99. The fourth-order valence-corrected chi connectivity index (χ4v) is 4.61. The highest BCUT2D eigenvalue weighted by Gasteiger charge is 2.30. The quantitative estimate of drug-likeness (QED) is 0.390. The fourth-order valence-electron chi connectivity index (χ4n) is 4.61. The Balaban J connectivity index is 0.000000356. The van der Waals surface area contributed by atoms with Crippen molar-refractivity contribution in [3.63, 3.8) is 0 Å². The van der Waals surface area contributed by atoms with E-state index in [0.29, 0.717) is 11.3 Å². The Bertz CT molecular complexity index is 1250. The minimum Gasteiger partial charge on any atom is -0.339 e. The Kier molecular flexibility index (Phi) is 7.07. The van der Waals surface area contributed by atoms with Gasteiger partial charge >= 0.3 is 0 Å². The number of carbonyl (C=O) groups is 2. The first-order valence-electron chi connectivity index (χ1n) is 12.4. The second-order valence-corrected chi connectivity index (χ2v) is 10.6. The summed E-state index contributed by atoms with van der Waals surface area (Å²) >= 11 is 0. The number of pyridine rings is 1. The number of hydrogen-bond donors (Lipinski definition) is 0. The van der Waals surface area contributed by atoms with E-state index in [0.717, 1.165) is 67.1 Å². The van der Waals surface area contributed by atoms with Crippen molar-refractivity contribution in [3.8, 4) is 23.6 Å². The van der Waals surface area contributed by atoms with Crippen molar-refractivity contribution in [2.24, 2.45) is 17.3 Å². The van der Waals surface area contributed by atoms with Gasteiger partial charge in [-0.25, -0.2) is 9.50 Å². The van der Waals surface area contributed by atoms with Gasteiger partial charge in [0.25, 0.3) is 5.91 Å². The van der Waals surface area contributed by atoms with Gasteiger partial charge in [-0.05, 0) is 74.1 Å². The predicted octanol–water partition coefficient (Wildman–Crippen LogP) is 5.20.